The van der Waals surface area contributed by atoms with E-state index in [4.69, 9.17) is 18.9 Å². The van der Waals surface area contributed by atoms with Crippen molar-refractivity contribution in [2.24, 2.45) is 0 Å². The predicted octanol–water partition coefficient (Wildman–Crippen LogP) is 26.9. The Morgan fingerprint density at radius 1 is 0.220 bits per heavy atom. The number of halogens is 4. The molecule has 123 heavy (non-hydrogen) atoms. The molecule has 20 rings (SSSR count). The van der Waals surface area contributed by atoms with Gasteiger partial charge in [-0.05, 0) is 220 Å². The third-order valence-corrected chi connectivity index (χ3v) is 22.3. The van der Waals surface area contributed by atoms with Crippen LogP contribution in [0.2, 0.25) is 0 Å². The number of aromatic nitrogens is 4. The van der Waals surface area contributed by atoms with Gasteiger partial charge in [-0.25, -0.2) is 17.6 Å². The van der Waals surface area contributed by atoms with Crippen molar-refractivity contribution in [3.8, 4) is 113 Å². The fourth-order valence-electron chi connectivity index (χ4n) is 17.2. The second kappa shape index (κ2) is 34.1. The van der Waals surface area contributed by atoms with Gasteiger partial charge in [-0.3, -0.25) is 0 Å². The molecular formula is C106H82F4HfN4O8-2. The standard InChI is InChI=1S/2C52H38F2N2O4.2CH3.Hf/c2*1-31-25-41(51(57)47(27-31)55-43-15-7-3-11-35(43)36-12-4-8-16-44(36)55)39-29-33(53)19-21-49(39)59-23-24-60-50-22-20-34(54)30-40(50)42-26-32(2)28-48(52(42)58)56-45-17-9-5-13-37(45)38-14-6-10-18-46(38)56;;;/h2*3-22,25-30,57-58H,23-24H2,1-2H3;2*1H3;/q;;2*-1;. The summed E-state index contributed by atoms with van der Waals surface area (Å²) in [5.41, 5.74) is 16.3. The molecule has 608 valence electrons. The Bertz CT molecular complexity index is 6420. The summed E-state index contributed by atoms with van der Waals surface area (Å²) in [6.07, 6.45) is 0. The van der Waals surface area contributed by atoms with Gasteiger partial charge >= 0.3 is 0 Å². The predicted molar refractivity (Wildman–Crippen MR) is 485 cm³/mol. The number of fused-ring (bicyclic) bond motifs is 12. The van der Waals surface area contributed by atoms with Crippen LogP contribution in [0.3, 0.4) is 0 Å². The Morgan fingerprint density at radius 2 is 0.382 bits per heavy atom. The molecule has 0 fully saturated rings. The summed E-state index contributed by atoms with van der Waals surface area (Å²) in [6, 6.07) is 96.1. The topological polar surface area (TPSA) is 138 Å². The number of ether oxygens (including phenoxy) is 4. The van der Waals surface area contributed by atoms with Gasteiger partial charge in [0.1, 0.15) is 95.7 Å². The van der Waals surface area contributed by atoms with Gasteiger partial charge in [0.15, 0.2) is 0 Å². The van der Waals surface area contributed by atoms with Gasteiger partial charge in [0, 0.05) is 113 Å². The Hall–Kier alpha value is -14.3. The van der Waals surface area contributed by atoms with Crippen molar-refractivity contribution < 1.29 is 82.8 Å². The number of benzene rings is 16. The first kappa shape index (κ1) is 82.4. The normalized spacial score (nSPS) is 11.3. The average Bonchev–Trinajstić information content (AvgIpc) is 1.60. The molecule has 17 heteroatoms. The minimum Gasteiger partial charge on any atom is -0.505 e. The molecule has 0 atom stereocenters. The molecule has 0 saturated carbocycles. The van der Waals surface area contributed by atoms with Crippen molar-refractivity contribution in [1.82, 2.24) is 18.3 Å². The molecule has 12 nitrogen and oxygen atoms in total. The van der Waals surface area contributed by atoms with E-state index in [1.54, 1.807) is 0 Å². The number of hydrogen-bond acceptors (Lipinski definition) is 8. The maximum absolute atomic E-state index is 15.0. The summed E-state index contributed by atoms with van der Waals surface area (Å²) in [7, 11) is 0. The molecule has 0 unspecified atom stereocenters. The molecule has 0 bridgehead atoms. The van der Waals surface area contributed by atoms with Gasteiger partial charge in [-0.1, -0.05) is 146 Å². The molecule has 4 N–H and O–H groups in total. The Balaban J connectivity index is 0.000000178. The Kier molecular flexibility index (Phi) is 22.8. The third kappa shape index (κ3) is 15.0. The summed E-state index contributed by atoms with van der Waals surface area (Å²) in [6.45, 7) is 7.89. The fourth-order valence-corrected chi connectivity index (χ4v) is 17.2. The smallest absolute Gasteiger partial charge is 0.147 e. The van der Waals surface area contributed by atoms with Crippen molar-refractivity contribution in [3.63, 3.8) is 0 Å². The molecule has 4 aromatic heterocycles. The quantitative estimate of drug-likeness (QED) is 0.0288. The number of aromatic hydroxyl groups is 4. The van der Waals surface area contributed by atoms with Gasteiger partial charge < -0.3 is 72.5 Å². The van der Waals surface area contributed by atoms with E-state index in [0.29, 0.717) is 90.3 Å². The van der Waals surface area contributed by atoms with Gasteiger partial charge in [0.2, 0.25) is 0 Å². The van der Waals surface area contributed by atoms with Crippen LogP contribution in [0.1, 0.15) is 22.3 Å². The third-order valence-electron chi connectivity index (χ3n) is 22.3. The van der Waals surface area contributed by atoms with Crippen LogP contribution in [0.15, 0.2) is 315 Å². The SMILES string of the molecule is Cc1cc(-c2cc(F)ccc2OCCOc2ccc(F)cc2-c2cc(C)cc(-n3c4ccccc4c4ccccc43)c2O)c(O)c(-n2c3ccccc3c3ccccc32)c1.Cc1cc(-c2cc(F)ccc2OCCOc2ccc(F)cc2-c2cc(C)cc(-n3c4ccccc4c4ccccc43)c2O)c(O)c(-n2c3ccccc3c3ccccc32)c1.[CH3-].[CH3-].[Hf]. The average molecular weight is 1790 g/mol. The van der Waals surface area contributed by atoms with Crippen LogP contribution in [0.5, 0.6) is 46.0 Å². The number of nitrogens with zero attached hydrogens (tertiary/aromatic N) is 4. The van der Waals surface area contributed by atoms with E-state index >= 15 is 17.6 Å². The second-order valence-electron chi connectivity index (χ2n) is 30.2. The van der Waals surface area contributed by atoms with Crippen molar-refractivity contribution in [2.45, 2.75) is 27.7 Å². The van der Waals surface area contributed by atoms with Crippen LogP contribution < -0.4 is 18.9 Å². The maximum Gasteiger partial charge on any atom is 0.147 e. The molecule has 0 spiro atoms. The first-order valence-electron chi connectivity index (χ1n) is 39.5. The zero-order valence-corrected chi connectivity index (χ0v) is 71.7. The zero-order valence-electron chi connectivity index (χ0n) is 68.1. The fraction of sp³-hybridized carbons (Fsp3) is 0.0755. The number of phenolic OH excluding ortho intramolecular Hbond substituents is 4. The van der Waals surface area contributed by atoms with Crippen LogP contribution in [0.4, 0.5) is 17.6 Å². The zero-order chi connectivity index (χ0) is 82.1. The number of rotatable bonds is 18. The molecule has 0 radical (unpaired) electrons. The van der Waals surface area contributed by atoms with E-state index in [2.05, 4.69) is 48.5 Å². The van der Waals surface area contributed by atoms with Crippen molar-refractivity contribution in [2.75, 3.05) is 26.4 Å². The summed E-state index contributed by atoms with van der Waals surface area (Å²) >= 11 is 0. The minimum absolute atomic E-state index is 0. The number of aryl methyl sites for hydroxylation is 4. The van der Waals surface area contributed by atoms with Crippen LogP contribution >= 0.6 is 0 Å². The van der Waals surface area contributed by atoms with E-state index in [0.717, 1.165) is 109 Å². The molecule has 4 heterocycles. The van der Waals surface area contributed by atoms with Gasteiger partial charge in [0.25, 0.3) is 0 Å². The largest absolute Gasteiger partial charge is 0.505 e. The van der Waals surface area contributed by atoms with Crippen LogP contribution in [-0.2, 0) is 25.8 Å². The molecule has 0 aliphatic carbocycles. The van der Waals surface area contributed by atoms with Crippen LogP contribution in [0.25, 0.3) is 154 Å². The Labute approximate surface area is 726 Å². The summed E-state index contributed by atoms with van der Waals surface area (Å²) in [5, 5.41) is 56.4. The van der Waals surface area contributed by atoms with Crippen molar-refractivity contribution in [3.05, 3.63) is 376 Å². The molecule has 0 saturated heterocycles. The number of hydrogen-bond donors (Lipinski definition) is 4. The molecule has 0 amide bonds. The molecule has 0 aliphatic rings. The van der Waals surface area contributed by atoms with Gasteiger partial charge in [0.05, 0.1) is 66.9 Å². The van der Waals surface area contributed by atoms with Crippen molar-refractivity contribution in [1.29, 1.82) is 0 Å². The summed E-state index contributed by atoms with van der Waals surface area (Å²) in [5.74, 6) is -0.627. The molecule has 20 aromatic rings. The van der Waals surface area contributed by atoms with E-state index in [1.807, 2.05) is 240 Å². The second-order valence-corrected chi connectivity index (χ2v) is 30.2. The van der Waals surface area contributed by atoms with Crippen LogP contribution in [-0.4, -0.2) is 65.1 Å². The summed E-state index contributed by atoms with van der Waals surface area (Å²) < 4.78 is 93.2. The number of phenols is 4. The van der Waals surface area contributed by atoms with Crippen molar-refractivity contribution >= 4 is 87.2 Å². The first-order valence-corrected chi connectivity index (χ1v) is 39.5. The monoisotopic (exact) mass is 1790 g/mol. The first-order chi connectivity index (χ1) is 58.5. The molecular weight excluding hydrogens is 1710 g/mol. The van der Waals surface area contributed by atoms with Crippen LogP contribution in [0, 0.1) is 65.8 Å². The van der Waals surface area contributed by atoms with E-state index in [1.165, 1.54) is 72.8 Å². The van der Waals surface area contributed by atoms with E-state index in [-0.39, 0.29) is 90.1 Å². The van der Waals surface area contributed by atoms with E-state index < -0.39 is 23.3 Å². The maximum atomic E-state index is 15.0. The minimum atomic E-state index is -0.484. The Morgan fingerprint density at radius 3 is 0.553 bits per heavy atom. The molecule has 16 aromatic carbocycles. The number of para-hydroxylation sites is 8. The molecule has 0 aliphatic heterocycles. The summed E-state index contributed by atoms with van der Waals surface area (Å²) in [4.78, 5) is 0. The van der Waals surface area contributed by atoms with Gasteiger partial charge in [-0.2, -0.15) is 0 Å². The van der Waals surface area contributed by atoms with E-state index in [9.17, 15) is 20.4 Å². The van der Waals surface area contributed by atoms with Gasteiger partial charge in [-0.15, -0.1) is 0 Å².